The minimum Gasteiger partial charge on any atom is -0.365 e. The van der Waals surface area contributed by atoms with Gasteiger partial charge in [-0.25, -0.2) is 15.0 Å². The van der Waals surface area contributed by atoms with Crippen molar-refractivity contribution in [2.45, 2.75) is 18.9 Å². The molecule has 0 bridgehead atoms. The largest absolute Gasteiger partial charge is 0.365 e. The molecule has 9 heteroatoms. The van der Waals surface area contributed by atoms with E-state index in [4.69, 9.17) is 28.2 Å². The Bertz CT molecular complexity index is 1280. The number of carbonyl (C=O) groups excluding carboxylic acids is 1. The van der Waals surface area contributed by atoms with E-state index in [9.17, 15) is 4.79 Å². The van der Waals surface area contributed by atoms with Crippen LogP contribution in [0.3, 0.4) is 0 Å². The maximum atomic E-state index is 10.8. The van der Waals surface area contributed by atoms with Gasteiger partial charge in [-0.3, -0.25) is 9.47 Å². The van der Waals surface area contributed by atoms with E-state index >= 15 is 0 Å². The highest BCUT2D eigenvalue weighted by Crippen LogP contribution is 2.34. The van der Waals surface area contributed by atoms with Gasteiger partial charge in [-0.2, -0.15) is 0 Å². The highest BCUT2D eigenvalue weighted by atomic mass is 35.5. The third-order valence-electron chi connectivity index (χ3n) is 5.91. The Hall–Kier alpha value is -3.00. The van der Waals surface area contributed by atoms with Crippen molar-refractivity contribution in [3.63, 3.8) is 0 Å². The fourth-order valence-electron chi connectivity index (χ4n) is 4.21. The number of likely N-dealkylation sites (tertiary alicyclic amines) is 1. The highest BCUT2D eigenvalue weighted by Gasteiger charge is 2.23. The molecule has 3 heterocycles. The van der Waals surface area contributed by atoms with Crippen molar-refractivity contribution in [1.29, 1.82) is 0 Å². The molecule has 1 saturated heterocycles. The number of piperidine rings is 1. The minimum atomic E-state index is 0.246. The van der Waals surface area contributed by atoms with Crippen LogP contribution >= 0.6 is 23.2 Å². The molecule has 0 spiro atoms. The standard InChI is InChI=1S/C24H22Cl2N6O/c25-16-5-7-18(8-6-16)32-23(19-3-1-2-4-20(19)26)30-21-22(27-15-28-24(21)32)29-17-9-11-31(12-10-17)13-14-33/h1-8,14-15,17H,9-13H2,(H,27,28,29). The lowest BCUT2D eigenvalue weighted by atomic mass is 10.1. The number of carbonyl (C=O) groups is 1. The molecule has 2 aromatic heterocycles. The van der Waals surface area contributed by atoms with Crippen LogP contribution in [0.25, 0.3) is 28.2 Å². The van der Waals surface area contributed by atoms with Gasteiger partial charge in [0.15, 0.2) is 17.0 Å². The van der Waals surface area contributed by atoms with Crippen LogP contribution in [0.4, 0.5) is 5.82 Å². The Morgan fingerprint density at radius 2 is 1.79 bits per heavy atom. The minimum absolute atomic E-state index is 0.246. The molecular weight excluding hydrogens is 459 g/mol. The van der Waals surface area contributed by atoms with Crippen LogP contribution in [0.2, 0.25) is 10.0 Å². The summed E-state index contributed by atoms with van der Waals surface area (Å²) in [5.74, 6) is 1.37. The first kappa shape index (κ1) is 21.8. The van der Waals surface area contributed by atoms with Gasteiger partial charge in [0.1, 0.15) is 18.4 Å². The van der Waals surface area contributed by atoms with Gasteiger partial charge in [0.2, 0.25) is 0 Å². The smallest absolute Gasteiger partial charge is 0.170 e. The van der Waals surface area contributed by atoms with E-state index in [0.717, 1.165) is 43.5 Å². The second-order valence-electron chi connectivity index (χ2n) is 8.01. The molecule has 168 valence electrons. The summed E-state index contributed by atoms with van der Waals surface area (Å²) in [4.78, 5) is 27.0. The summed E-state index contributed by atoms with van der Waals surface area (Å²) in [6.07, 6.45) is 4.36. The number of anilines is 1. The van der Waals surface area contributed by atoms with E-state index in [0.29, 0.717) is 39.4 Å². The van der Waals surface area contributed by atoms with Gasteiger partial charge in [0, 0.05) is 35.4 Å². The molecule has 7 nitrogen and oxygen atoms in total. The monoisotopic (exact) mass is 480 g/mol. The third-order valence-corrected chi connectivity index (χ3v) is 6.49. The molecule has 1 N–H and O–H groups in total. The van der Waals surface area contributed by atoms with Gasteiger partial charge in [0.25, 0.3) is 0 Å². The summed E-state index contributed by atoms with van der Waals surface area (Å²) in [5, 5.41) is 4.82. The van der Waals surface area contributed by atoms with Crippen LogP contribution in [0.1, 0.15) is 12.8 Å². The second kappa shape index (κ2) is 9.47. The predicted molar refractivity (Wildman–Crippen MR) is 131 cm³/mol. The first-order chi connectivity index (χ1) is 16.1. The van der Waals surface area contributed by atoms with E-state index < -0.39 is 0 Å². The summed E-state index contributed by atoms with van der Waals surface area (Å²) in [7, 11) is 0. The first-order valence-electron chi connectivity index (χ1n) is 10.8. The Morgan fingerprint density at radius 1 is 1.03 bits per heavy atom. The number of nitrogens with one attached hydrogen (secondary N) is 1. The molecular formula is C24H22Cl2N6O. The molecule has 0 unspecified atom stereocenters. The fraction of sp³-hybridized carbons (Fsp3) is 0.250. The first-order valence-corrected chi connectivity index (χ1v) is 11.6. The van der Waals surface area contributed by atoms with Gasteiger partial charge in [-0.15, -0.1) is 0 Å². The van der Waals surface area contributed by atoms with Crippen LogP contribution in [-0.4, -0.2) is 56.4 Å². The number of halogens is 2. The van der Waals surface area contributed by atoms with Crippen molar-refractivity contribution in [1.82, 2.24) is 24.4 Å². The van der Waals surface area contributed by atoms with Crippen LogP contribution in [-0.2, 0) is 4.79 Å². The summed E-state index contributed by atoms with van der Waals surface area (Å²) in [6.45, 7) is 2.22. The maximum Gasteiger partial charge on any atom is 0.170 e. The molecule has 1 aliphatic rings. The molecule has 1 fully saturated rings. The van der Waals surface area contributed by atoms with Crippen LogP contribution in [0, 0.1) is 0 Å². The van der Waals surface area contributed by atoms with E-state index in [1.54, 1.807) is 6.33 Å². The van der Waals surface area contributed by atoms with Gasteiger partial charge >= 0.3 is 0 Å². The summed E-state index contributed by atoms with van der Waals surface area (Å²) < 4.78 is 1.98. The van der Waals surface area contributed by atoms with Crippen molar-refractivity contribution in [2.24, 2.45) is 0 Å². The molecule has 0 amide bonds. The molecule has 0 aliphatic carbocycles. The number of benzene rings is 2. The summed E-state index contributed by atoms with van der Waals surface area (Å²) in [6, 6.07) is 15.4. The van der Waals surface area contributed by atoms with E-state index in [1.165, 1.54) is 0 Å². The quantitative estimate of drug-likeness (QED) is 0.397. The lowest BCUT2D eigenvalue weighted by Gasteiger charge is -2.31. The lowest BCUT2D eigenvalue weighted by Crippen LogP contribution is -2.40. The highest BCUT2D eigenvalue weighted by molar-refractivity contribution is 6.33. The van der Waals surface area contributed by atoms with Crippen molar-refractivity contribution >= 4 is 46.5 Å². The number of hydrogen-bond donors (Lipinski definition) is 1. The van der Waals surface area contributed by atoms with Crippen molar-refractivity contribution in [3.05, 3.63) is 64.9 Å². The molecule has 0 radical (unpaired) electrons. The van der Waals surface area contributed by atoms with Crippen molar-refractivity contribution in [2.75, 3.05) is 25.0 Å². The van der Waals surface area contributed by atoms with Gasteiger partial charge in [0.05, 0.1) is 11.6 Å². The zero-order valence-electron chi connectivity index (χ0n) is 17.8. The van der Waals surface area contributed by atoms with Gasteiger partial charge < -0.3 is 10.1 Å². The maximum absolute atomic E-state index is 10.8. The van der Waals surface area contributed by atoms with Gasteiger partial charge in [-0.05, 0) is 49.2 Å². The Morgan fingerprint density at radius 3 is 2.52 bits per heavy atom. The zero-order chi connectivity index (χ0) is 22.8. The predicted octanol–water partition coefficient (Wildman–Crippen LogP) is 4.86. The van der Waals surface area contributed by atoms with Crippen molar-refractivity contribution in [3.8, 4) is 17.1 Å². The SMILES string of the molecule is O=CCN1CCC(Nc2ncnc3c2nc(-c2ccccc2Cl)n3-c2ccc(Cl)cc2)CC1. The van der Waals surface area contributed by atoms with E-state index in [-0.39, 0.29) is 6.04 Å². The lowest BCUT2D eigenvalue weighted by molar-refractivity contribution is -0.109. The zero-order valence-corrected chi connectivity index (χ0v) is 19.3. The molecule has 4 aromatic rings. The van der Waals surface area contributed by atoms with Crippen LogP contribution in [0.15, 0.2) is 54.9 Å². The number of nitrogens with zero attached hydrogens (tertiary/aromatic N) is 5. The van der Waals surface area contributed by atoms with Crippen molar-refractivity contribution < 1.29 is 4.79 Å². The Labute approximate surface area is 201 Å². The molecule has 0 atom stereocenters. The van der Waals surface area contributed by atoms with E-state index in [2.05, 4.69) is 20.2 Å². The molecule has 2 aromatic carbocycles. The topological polar surface area (TPSA) is 75.9 Å². The molecule has 33 heavy (non-hydrogen) atoms. The summed E-state index contributed by atoms with van der Waals surface area (Å²) in [5.41, 5.74) is 3.05. The van der Waals surface area contributed by atoms with E-state index in [1.807, 2.05) is 53.1 Å². The second-order valence-corrected chi connectivity index (χ2v) is 8.85. The number of rotatable bonds is 6. The van der Waals surface area contributed by atoms with Gasteiger partial charge in [-0.1, -0.05) is 35.3 Å². The average molecular weight is 481 g/mol. The fourth-order valence-corrected chi connectivity index (χ4v) is 4.56. The number of aromatic nitrogens is 4. The molecule has 5 rings (SSSR count). The normalized spacial score (nSPS) is 15.1. The average Bonchev–Trinajstić information content (AvgIpc) is 3.22. The number of fused-ring (bicyclic) bond motifs is 1. The number of hydrogen-bond acceptors (Lipinski definition) is 6. The Balaban J connectivity index is 1.58. The Kier molecular flexibility index (Phi) is 6.26. The third kappa shape index (κ3) is 4.44. The molecule has 1 aliphatic heterocycles. The van der Waals surface area contributed by atoms with Crippen LogP contribution < -0.4 is 5.32 Å². The number of aldehydes is 1. The van der Waals surface area contributed by atoms with Crippen LogP contribution in [0.5, 0.6) is 0 Å². The number of imidazole rings is 1. The summed E-state index contributed by atoms with van der Waals surface area (Å²) >= 11 is 12.7. The molecule has 0 saturated carbocycles.